The Morgan fingerprint density at radius 3 is 3.00 bits per heavy atom. The van der Waals surface area contributed by atoms with Crippen LogP contribution in [0.5, 0.6) is 17.2 Å². The Kier molecular flexibility index (Phi) is 1.77. The lowest BCUT2D eigenvalue weighted by molar-refractivity contribution is 0.172. The zero-order chi connectivity index (χ0) is 8.55. The molecule has 0 saturated heterocycles. The molecule has 12 heavy (non-hydrogen) atoms. The van der Waals surface area contributed by atoms with Crippen molar-refractivity contribution in [1.29, 1.82) is 0 Å². The topological polar surface area (TPSA) is 38.7 Å². The van der Waals surface area contributed by atoms with Crippen LogP contribution in [0.2, 0.25) is 0 Å². The summed E-state index contributed by atoms with van der Waals surface area (Å²) in [6.07, 6.45) is 1.89. The van der Waals surface area contributed by atoms with E-state index in [1.165, 1.54) is 11.8 Å². The summed E-state index contributed by atoms with van der Waals surface area (Å²) in [6, 6.07) is 3.32. The van der Waals surface area contributed by atoms with Crippen LogP contribution in [0.4, 0.5) is 0 Å². The maximum atomic E-state index is 9.42. The molecule has 0 aromatic heterocycles. The van der Waals surface area contributed by atoms with Gasteiger partial charge in [-0.3, -0.25) is 0 Å². The number of benzene rings is 1. The van der Waals surface area contributed by atoms with Crippen molar-refractivity contribution in [2.45, 2.75) is 4.90 Å². The van der Waals surface area contributed by atoms with Gasteiger partial charge in [0.2, 0.25) is 6.79 Å². The molecule has 0 spiro atoms. The molecule has 0 radical (unpaired) electrons. The fourth-order valence-corrected chi connectivity index (χ4v) is 1.76. The Hall–Kier alpha value is -1.03. The Bertz CT molecular complexity index is 311. The largest absolute Gasteiger partial charge is 0.507 e. The van der Waals surface area contributed by atoms with E-state index in [4.69, 9.17) is 9.47 Å². The van der Waals surface area contributed by atoms with E-state index in [0.29, 0.717) is 11.5 Å². The van der Waals surface area contributed by atoms with Gasteiger partial charge in [-0.05, 0) is 18.4 Å². The number of hydrogen-bond acceptors (Lipinski definition) is 4. The molecule has 1 aromatic rings. The van der Waals surface area contributed by atoms with Gasteiger partial charge >= 0.3 is 0 Å². The predicted octanol–water partition coefficient (Wildman–Crippen LogP) is 1.84. The molecule has 0 saturated carbocycles. The summed E-state index contributed by atoms with van der Waals surface area (Å²) in [6.45, 7) is 0.242. The Labute approximate surface area is 74.3 Å². The van der Waals surface area contributed by atoms with Crippen LogP contribution in [0.25, 0.3) is 0 Å². The van der Waals surface area contributed by atoms with Gasteiger partial charge in [-0.15, -0.1) is 11.8 Å². The second-order valence-corrected chi connectivity index (χ2v) is 3.17. The van der Waals surface area contributed by atoms with Gasteiger partial charge in [0.25, 0.3) is 0 Å². The highest BCUT2D eigenvalue weighted by molar-refractivity contribution is 7.98. The molecule has 3 nitrogen and oxygen atoms in total. The van der Waals surface area contributed by atoms with Crippen molar-refractivity contribution in [2.24, 2.45) is 0 Å². The predicted molar refractivity (Wildman–Crippen MR) is 46.0 cm³/mol. The number of rotatable bonds is 1. The highest BCUT2D eigenvalue weighted by Crippen LogP contribution is 2.44. The van der Waals surface area contributed by atoms with E-state index in [2.05, 4.69) is 0 Å². The first kappa shape index (κ1) is 7.61. The third-order valence-corrected chi connectivity index (χ3v) is 2.48. The lowest BCUT2D eigenvalue weighted by Gasteiger charge is -2.03. The van der Waals surface area contributed by atoms with Gasteiger partial charge in [0.15, 0.2) is 11.5 Å². The number of phenols is 1. The van der Waals surface area contributed by atoms with Crippen LogP contribution in [0.3, 0.4) is 0 Å². The summed E-state index contributed by atoms with van der Waals surface area (Å²) in [5, 5.41) is 9.42. The quantitative estimate of drug-likeness (QED) is 0.676. The number of fused-ring (bicyclic) bond motifs is 1. The molecule has 1 aromatic carbocycles. The summed E-state index contributed by atoms with van der Waals surface area (Å²) in [5.74, 6) is 1.60. The zero-order valence-corrected chi connectivity index (χ0v) is 7.35. The minimum absolute atomic E-state index is 0.242. The van der Waals surface area contributed by atoms with E-state index in [1.807, 2.05) is 6.26 Å². The number of ether oxygens (including phenoxy) is 2. The lowest BCUT2D eigenvalue weighted by Crippen LogP contribution is -1.93. The van der Waals surface area contributed by atoms with Gasteiger partial charge < -0.3 is 14.6 Å². The average molecular weight is 184 g/mol. The van der Waals surface area contributed by atoms with Crippen molar-refractivity contribution in [1.82, 2.24) is 0 Å². The van der Waals surface area contributed by atoms with E-state index in [0.717, 1.165) is 4.90 Å². The third kappa shape index (κ3) is 0.992. The molecular weight excluding hydrogens is 176 g/mol. The highest BCUT2D eigenvalue weighted by Gasteiger charge is 2.19. The van der Waals surface area contributed by atoms with Gasteiger partial charge in [-0.25, -0.2) is 0 Å². The van der Waals surface area contributed by atoms with Gasteiger partial charge in [0.1, 0.15) is 5.75 Å². The molecule has 1 aliphatic rings. The molecule has 4 heteroatoms. The third-order valence-electron chi connectivity index (χ3n) is 1.68. The van der Waals surface area contributed by atoms with Crippen molar-refractivity contribution in [2.75, 3.05) is 13.0 Å². The summed E-state index contributed by atoms with van der Waals surface area (Å²) in [5.41, 5.74) is 0. The van der Waals surface area contributed by atoms with Crippen LogP contribution in [-0.4, -0.2) is 18.2 Å². The van der Waals surface area contributed by atoms with Crippen LogP contribution in [-0.2, 0) is 0 Å². The molecule has 0 bridgehead atoms. The minimum Gasteiger partial charge on any atom is -0.507 e. The second kappa shape index (κ2) is 2.79. The van der Waals surface area contributed by atoms with Crippen molar-refractivity contribution in [3.05, 3.63) is 12.1 Å². The number of hydrogen-bond donors (Lipinski definition) is 1. The van der Waals surface area contributed by atoms with E-state index in [-0.39, 0.29) is 12.5 Å². The molecule has 0 aliphatic carbocycles. The summed E-state index contributed by atoms with van der Waals surface area (Å²) in [4.78, 5) is 0.741. The van der Waals surface area contributed by atoms with Crippen molar-refractivity contribution >= 4 is 11.8 Å². The van der Waals surface area contributed by atoms with E-state index in [9.17, 15) is 5.11 Å². The number of thioether (sulfide) groups is 1. The Balaban J connectivity index is 2.57. The second-order valence-electron chi connectivity index (χ2n) is 2.35. The van der Waals surface area contributed by atoms with Gasteiger partial charge in [-0.1, -0.05) is 0 Å². The van der Waals surface area contributed by atoms with Gasteiger partial charge in [0.05, 0.1) is 4.90 Å². The minimum atomic E-state index is 0.242. The highest BCUT2D eigenvalue weighted by atomic mass is 32.2. The summed E-state index contributed by atoms with van der Waals surface area (Å²) in [7, 11) is 0. The van der Waals surface area contributed by atoms with Crippen molar-refractivity contribution in [3.8, 4) is 17.2 Å². The first-order chi connectivity index (χ1) is 5.83. The van der Waals surface area contributed by atoms with E-state index >= 15 is 0 Å². The summed E-state index contributed by atoms with van der Waals surface area (Å²) < 4.78 is 10.3. The van der Waals surface area contributed by atoms with Gasteiger partial charge in [-0.2, -0.15) is 0 Å². The average Bonchev–Trinajstić information content (AvgIpc) is 2.52. The first-order valence-electron chi connectivity index (χ1n) is 3.48. The number of aromatic hydroxyl groups is 1. The zero-order valence-electron chi connectivity index (χ0n) is 6.53. The molecule has 1 aliphatic heterocycles. The van der Waals surface area contributed by atoms with E-state index in [1.54, 1.807) is 12.1 Å². The fraction of sp³-hybridized carbons (Fsp3) is 0.250. The standard InChI is InChI=1S/C8H8O3S/c1-12-8-5(9)2-3-6-7(8)11-4-10-6/h2-3,9H,4H2,1H3. The Morgan fingerprint density at radius 1 is 1.42 bits per heavy atom. The van der Waals surface area contributed by atoms with Crippen LogP contribution in [0, 0.1) is 0 Å². The SMILES string of the molecule is CSc1c(O)ccc2c1OCO2. The molecule has 1 N–H and O–H groups in total. The van der Waals surface area contributed by atoms with E-state index < -0.39 is 0 Å². The van der Waals surface area contributed by atoms with Crippen LogP contribution >= 0.6 is 11.8 Å². The Morgan fingerprint density at radius 2 is 2.25 bits per heavy atom. The van der Waals surface area contributed by atoms with Crippen LogP contribution < -0.4 is 9.47 Å². The van der Waals surface area contributed by atoms with Crippen LogP contribution in [0.1, 0.15) is 0 Å². The fourth-order valence-electron chi connectivity index (χ4n) is 1.13. The molecule has 1 heterocycles. The first-order valence-corrected chi connectivity index (χ1v) is 4.71. The van der Waals surface area contributed by atoms with Crippen LogP contribution in [0.15, 0.2) is 17.0 Å². The smallest absolute Gasteiger partial charge is 0.231 e. The molecule has 0 fully saturated rings. The van der Waals surface area contributed by atoms with Crippen molar-refractivity contribution < 1.29 is 14.6 Å². The maximum Gasteiger partial charge on any atom is 0.231 e. The van der Waals surface area contributed by atoms with Gasteiger partial charge in [0, 0.05) is 0 Å². The molecule has 0 atom stereocenters. The molecule has 0 amide bonds. The lowest BCUT2D eigenvalue weighted by atomic mass is 10.3. The normalized spacial score (nSPS) is 13.4. The maximum absolute atomic E-state index is 9.42. The molecular formula is C8H8O3S. The summed E-state index contributed by atoms with van der Waals surface area (Å²) >= 11 is 1.45. The monoisotopic (exact) mass is 184 g/mol. The molecule has 64 valence electrons. The molecule has 0 unspecified atom stereocenters. The number of phenolic OH excluding ortho intramolecular Hbond substituents is 1. The van der Waals surface area contributed by atoms with Crippen molar-refractivity contribution in [3.63, 3.8) is 0 Å². The molecule has 2 rings (SSSR count).